The fourth-order valence-corrected chi connectivity index (χ4v) is 0.841. The number of nitrogens with zero attached hydrogens (tertiary/aromatic N) is 1. The first-order valence-corrected chi connectivity index (χ1v) is 3.02. The zero-order valence-electron chi connectivity index (χ0n) is 5.79. The maximum atomic E-state index is 11.0. The number of likely N-dealkylation sites (N-methyl/N-ethyl adjacent to an activating group) is 1. The molecule has 0 spiro atoms. The minimum absolute atomic E-state index is 0.299. The molecule has 1 aliphatic heterocycles. The van der Waals surface area contributed by atoms with E-state index in [1.807, 2.05) is 0 Å². The van der Waals surface area contributed by atoms with E-state index in [1.165, 1.54) is 7.05 Å². The lowest BCUT2D eigenvalue weighted by molar-refractivity contribution is -0.155. The summed E-state index contributed by atoms with van der Waals surface area (Å²) in [7, 11) is 1.42. The number of hydrogen-bond acceptors (Lipinski definition) is 4. The van der Waals surface area contributed by atoms with Gasteiger partial charge in [-0.25, -0.2) is 5.84 Å². The van der Waals surface area contributed by atoms with E-state index < -0.39 is 11.5 Å². The van der Waals surface area contributed by atoms with Crippen LogP contribution in [0.1, 0.15) is 0 Å². The first-order chi connectivity index (χ1) is 4.56. The van der Waals surface area contributed by atoms with Crippen LogP contribution in [-0.4, -0.2) is 41.8 Å². The number of aliphatic hydroxyl groups is 1. The van der Waals surface area contributed by atoms with Crippen molar-refractivity contribution in [1.29, 1.82) is 0 Å². The molecule has 1 heterocycles. The standard InChI is InChI=1S/C5H11N3O2/c1-8(6)4(9)5(10)2-7-3-5/h7,10H,2-3,6H2,1H3. The van der Waals surface area contributed by atoms with Gasteiger partial charge in [-0.15, -0.1) is 0 Å². The minimum atomic E-state index is -1.25. The summed E-state index contributed by atoms with van der Waals surface area (Å²) in [5.41, 5.74) is -1.25. The molecule has 10 heavy (non-hydrogen) atoms. The number of amides is 1. The zero-order valence-corrected chi connectivity index (χ0v) is 5.79. The second-order valence-corrected chi connectivity index (χ2v) is 2.55. The third-order valence-electron chi connectivity index (χ3n) is 1.55. The maximum absolute atomic E-state index is 11.0. The lowest BCUT2D eigenvalue weighted by Crippen LogP contribution is -2.68. The number of hydrogen-bond donors (Lipinski definition) is 3. The maximum Gasteiger partial charge on any atom is 0.270 e. The van der Waals surface area contributed by atoms with Gasteiger partial charge in [-0.3, -0.25) is 9.80 Å². The van der Waals surface area contributed by atoms with Crippen molar-refractivity contribution in [2.75, 3.05) is 20.1 Å². The van der Waals surface area contributed by atoms with Crippen LogP contribution in [0.4, 0.5) is 0 Å². The van der Waals surface area contributed by atoms with Crippen molar-refractivity contribution in [3.8, 4) is 0 Å². The average molecular weight is 145 g/mol. The molecular weight excluding hydrogens is 134 g/mol. The molecular formula is C5H11N3O2. The quantitative estimate of drug-likeness (QED) is 0.219. The summed E-state index contributed by atoms with van der Waals surface area (Å²) in [6, 6.07) is 0. The van der Waals surface area contributed by atoms with Crippen LogP contribution in [0.3, 0.4) is 0 Å². The molecule has 1 rings (SSSR count). The van der Waals surface area contributed by atoms with Gasteiger partial charge in [0.2, 0.25) is 0 Å². The molecule has 0 atom stereocenters. The first-order valence-electron chi connectivity index (χ1n) is 3.02. The Morgan fingerprint density at radius 3 is 2.40 bits per heavy atom. The van der Waals surface area contributed by atoms with Gasteiger partial charge in [0.1, 0.15) is 0 Å². The van der Waals surface area contributed by atoms with Gasteiger partial charge in [0.05, 0.1) is 0 Å². The van der Waals surface area contributed by atoms with Crippen LogP contribution < -0.4 is 11.2 Å². The van der Waals surface area contributed by atoms with Crippen LogP contribution in [0.5, 0.6) is 0 Å². The summed E-state index contributed by atoms with van der Waals surface area (Å²) < 4.78 is 0. The van der Waals surface area contributed by atoms with Gasteiger partial charge in [0, 0.05) is 20.1 Å². The van der Waals surface area contributed by atoms with Crippen molar-refractivity contribution in [1.82, 2.24) is 10.3 Å². The summed E-state index contributed by atoms with van der Waals surface area (Å²) in [6.45, 7) is 0.598. The monoisotopic (exact) mass is 145 g/mol. The second-order valence-electron chi connectivity index (χ2n) is 2.55. The normalized spacial score (nSPS) is 21.5. The smallest absolute Gasteiger partial charge is 0.270 e. The molecule has 0 aromatic carbocycles. The van der Waals surface area contributed by atoms with Gasteiger partial charge in [-0.05, 0) is 0 Å². The van der Waals surface area contributed by atoms with E-state index in [-0.39, 0.29) is 0 Å². The van der Waals surface area contributed by atoms with Gasteiger partial charge in [0.25, 0.3) is 5.91 Å². The van der Waals surface area contributed by atoms with E-state index in [9.17, 15) is 9.90 Å². The topological polar surface area (TPSA) is 78.6 Å². The second kappa shape index (κ2) is 2.19. The Hall–Kier alpha value is -0.650. The molecule has 0 aromatic rings. The van der Waals surface area contributed by atoms with E-state index in [1.54, 1.807) is 0 Å². The van der Waals surface area contributed by atoms with E-state index >= 15 is 0 Å². The predicted molar refractivity (Wildman–Crippen MR) is 34.8 cm³/mol. The van der Waals surface area contributed by atoms with E-state index in [2.05, 4.69) is 5.32 Å². The highest BCUT2D eigenvalue weighted by molar-refractivity contribution is 5.85. The molecule has 4 N–H and O–H groups in total. The predicted octanol–water partition coefficient (Wildman–Crippen LogP) is -2.35. The van der Waals surface area contributed by atoms with E-state index in [4.69, 9.17) is 5.84 Å². The van der Waals surface area contributed by atoms with Gasteiger partial charge >= 0.3 is 0 Å². The van der Waals surface area contributed by atoms with Gasteiger partial charge in [-0.1, -0.05) is 0 Å². The van der Waals surface area contributed by atoms with Crippen LogP contribution in [0.2, 0.25) is 0 Å². The third kappa shape index (κ3) is 0.985. The fourth-order valence-electron chi connectivity index (χ4n) is 0.841. The SMILES string of the molecule is CN(N)C(=O)C1(O)CNC1. The van der Waals surface area contributed by atoms with E-state index in [0.29, 0.717) is 13.1 Å². The number of nitrogens with two attached hydrogens (primary N) is 1. The average Bonchev–Trinajstić information content (AvgIpc) is 1.81. The number of hydrazine groups is 1. The van der Waals surface area contributed by atoms with Crippen molar-refractivity contribution in [2.45, 2.75) is 5.60 Å². The molecule has 5 nitrogen and oxygen atoms in total. The molecule has 1 amide bonds. The molecule has 1 saturated heterocycles. The van der Waals surface area contributed by atoms with Crippen LogP contribution >= 0.6 is 0 Å². The Morgan fingerprint density at radius 2 is 2.30 bits per heavy atom. The molecule has 58 valence electrons. The Bertz CT molecular complexity index is 153. The summed E-state index contributed by atoms with van der Waals surface area (Å²) in [6.07, 6.45) is 0. The van der Waals surface area contributed by atoms with Crippen LogP contribution in [0.15, 0.2) is 0 Å². The fraction of sp³-hybridized carbons (Fsp3) is 0.800. The van der Waals surface area contributed by atoms with Gasteiger partial charge in [0.15, 0.2) is 5.60 Å². The summed E-state index contributed by atoms with van der Waals surface area (Å²) in [5.74, 6) is 4.69. The molecule has 1 fully saturated rings. The molecule has 1 aliphatic rings. The van der Waals surface area contributed by atoms with Crippen molar-refractivity contribution in [3.05, 3.63) is 0 Å². The molecule has 0 bridgehead atoms. The van der Waals surface area contributed by atoms with Crippen LogP contribution in [0.25, 0.3) is 0 Å². The Balaban J connectivity index is 2.55. The van der Waals surface area contributed by atoms with Crippen molar-refractivity contribution in [3.63, 3.8) is 0 Å². The molecule has 0 unspecified atom stereocenters. The van der Waals surface area contributed by atoms with Crippen molar-refractivity contribution >= 4 is 5.91 Å². The molecule has 0 aliphatic carbocycles. The van der Waals surface area contributed by atoms with Gasteiger partial charge < -0.3 is 10.4 Å². The minimum Gasteiger partial charge on any atom is -0.377 e. The zero-order chi connectivity index (χ0) is 7.78. The molecule has 0 radical (unpaired) electrons. The van der Waals surface area contributed by atoms with Crippen LogP contribution in [0, 0.1) is 0 Å². The van der Waals surface area contributed by atoms with Crippen molar-refractivity contribution in [2.24, 2.45) is 5.84 Å². The van der Waals surface area contributed by atoms with Crippen LogP contribution in [-0.2, 0) is 4.79 Å². The Labute approximate surface area is 58.8 Å². The van der Waals surface area contributed by atoms with E-state index in [0.717, 1.165) is 5.01 Å². The summed E-state index contributed by atoms with van der Waals surface area (Å²) in [4.78, 5) is 11.0. The lowest BCUT2D eigenvalue weighted by atomic mass is 9.96. The highest BCUT2D eigenvalue weighted by Crippen LogP contribution is 2.11. The Morgan fingerprint density at radius 1 is 1.80 bits per heavy atom. The number of nitrogens with one attached hydrogen (secondary N) is 1. The highest BCUT2D eigenvalue weighted by Gasteiger charge is 2.43. The highest BCUT2D eigenvalue weighted by atomic mass is 16.3. The molecule has 0 saturated carbocycles. The summed E-state index contributed by atoms with van der Waals surface area (Å²) >= 11 is 0. The number of carbonyl (C=O) groups is 1. The molecule has 0 aromatic heterocycles. The first kappa shape index (κ1) is 7.46. The number of carbonyl (C=O) groups excluding carboxylic acids is 1. The number of β-amino-alcohol motifs (C(OH)–C–C–N with tert-alkyl or cyclic N) is 1. The third-order valence-corrected chi connectivity index (χ3v) is 1.55. The molecule has 5 heteroatoms. The lowest BCUT2D eigenvalue weighted by Gasteiger charge is -2.37. The van der Waals surface area contributed by atoms with Gasteiger partial charge in [-0.2, -0.15) is 0 Å². The largest absolute Gasteiger partial charge is 0.377 e. The Kier molecular flexibility index (Phi) is 1.63. The number of rotatable bonds is 1. The van der Waals surface area contributed by atoms with Crippen molar-refractivity contribution < 1.29 is 9.90 Å². The summed E-state index contributed by atoms with van der Waals surface area (Å²) in [5, 5.41) is 13.0.